The van der Waals surface area contributed by atoms with E-state index in [4.69, 9.17) is 4.42 Å². The quantitative estimate of drug-likeness (QED) is 0.102. The summed E-state index contributed by atoms with van der Waals surface area (Å²) in [6.07, 6.45) is 3.71. The Labute approximate surface area is 810 Å². The summed E-state index contributed by atoms with van der Waals surface area (Å²) in [7, 11) is 0. The molecule has 0 aliphatic rings. The molecule has 0 radical (unpaired) electrons. The van der Waals surface area contributed by atoms with Crippen LogP contribution in [0, 0.1) is 0 Å². The molecule has 8 nitrogen and oxygen atoms in total. The first-order valence-electron chi connectivity index (χ1n) is 47.1. The molecule has 7 heterocycles. The Morgan fingerprint density at radius 3 is 1.17 bits per heavy atom. The molecule has 0 unspecified atom stereocenters. The number of pyridine rings is 1. The van der Waals surface area contributed by atoms with Crippen LogP contribution in [0.1, 0.15) is 0 Å². The molecule has 7 aromatic heterocycles. The maximum Gasteiger partial charge on any atom is 0.161 e. The monoisotopic (exact) mass is 1810 g/mol. The van der Waals surface area contributed by atoms with E-state index in [1.165, 1.54) is 150 Å². The molecule has 10 heteroatoms. The molecule has 0 fully saturated rings. The molecule has 654 valence electrons. The summed E-state index contributed by atoms with van der Waals surface area (Å²) in [5.74, 6) is 0. The van der Waals surface area contributed by atoms with Crippen LogP contribution in [0.5, 0.6) is 0 Å². The van der Waals surface area contributed by atoms with E-state index in [1.54, 1.807) is 6.20 Å². The summed E-state index contributed by atoms with van der Waals surface area (Å²) >= 11 is 3.79. The van der Waals surface area contributed by atoms with Crippen molar-refractivity contribution in [2.24, 2.45) is 0 Å². The first kappa shape index (κ1) is 81.8. The highest BCUT2D eigenvalue weighted by Gasteiger charge is 2.31. The van der Waals surface area contributed by atoms with Crippen molar-refractivity contribution < 1.29 is 4.42 Å². The van der Waals surface area contributed by atoms with E-state index in [0.29, 0.717) is 0 Å². The number of thiophene rings is 2. The summed E-state index contributed by atoms with van der Waals surface area (Å²) in [5.41, 5.74) is 29.6. The van der Waals surface area contributed by atoms with Crippen molar-refractivity contribution >= 4 is 212 Å². The fourth-order valence-corrected chi connectivity index (χ4v) is 23.7. The second-order valence-electron chi connectivity index (χ2n) is 35.1. The Hall–Kier alpha value is -17.9. The molecule has 0 aliphatic heterocycles. The first-order valence-corrected chi connectivity index (χ1v) is 48.8. The number of anilines is 9. The van der Waals surface area contributed by atoms with Gasteiger partial charge in [0.05, 0.1) is 66.4 Å². The summed E-state index contributed by atoms with van der Waals surface area (Å²) in [5, 5.41) is 17.3. The van der Waals surface area contributed by atoms with Crippen molar-refractivity contribution in [3.05, 3.63) is 516 Å². The van der Waals surface area contributed by atoms with Gasteiger partial charge in [-0.05, 0) is 209 Å². The molecule has 0 spiro atoms. The van der Waals surface area contributed by atoms with Gasteiger partial charge in [-0.15, -0.1) is 22.7 Å². The second kappa shape index (κ2) is 34.8. The van der Waals surface area contributed by atoms with Gasteiger partial charge in [0, 0.05) is 142 Å². The lowest BCUT2D eigenvalue weighted by Gasteiger charge is -2.27. The van der Waals surface area contributed by atoms with Crippen LogP contribution in [0.2, 0.25) is 0 Å². The van der Waals surface area contributed by atoms with Crippen LogP contribution in [-0.4, -0.2) is 18.7 Å². The zero-order chi connectivity index (χ0) is 91.8. The molecule has 28 rings (SSSR count). The van der Waals surface area contributed by atoms with Gasteiger partial charge in [0.1, 0.15) is 5.58 Å². The molecule has 0 N–H and O–H groups in total. The minimum absolute atomic E-state index is 0.844. The molecule has 0 saturated carbocycles. The van der Waals surface area contributed by atoms with Gasteiger partial charge in [0.25, 0.3) is 0 Å². The van der Waals surface area contributed by atoms with E-state index < -0.39 is 0 Å². The third-order valence-electron chi connectivity index (χ3n) is 27.1. The van der Waals surface area contributed by atoms with Gasteiger partial charge in [-0.1, -0.05) is 328 Å². The van der Waals surface area contributed by atoms with Gasteiger partial charge in [-0.2, -0.15) is 0 Å². The van der Waals surface area contributed by atoms with Gasteiger partial charge < -0.3 is 32.8 Å². The summed E-state index contributed by atoms with van der Waals surface area (Å²) in [6.45, 7) is 0. The standard InChI is InChI=1S/C58H38N2S.C36H24N2S.C35H23N3O/c1-4-17-41(18-5-1)53-54(58-56(50-25-13-15-27-52(50)61-58)57-55(53)49-24-12-14-26-51(49)60(57)46-22-8-3-9-23-46)42-32-36-48(37-33-42)59(45-20-6-2-7-21-45)47-34-30-40(31-35-47)44-29-28-39-16-10-11-19-43(39)38-44;1-4-14-25(15-5-1)37(26-16-6-2-7-17-26)32-24-30-28-20-10-12-22-31(28)38(27-18-8-3-9-19-27)35(30)36-34(32)29-21-11-13-23-33(29)39-36;1-3-12-24(13-4-1)37(26-16-11-21-36-23-26)31-22-29-27-17-7-9-19-30(27)38(25-14-5-2-6-15-25)34(29)33-28-18-8-10-20-32(28)39-35(31)33/h1-38H;1-24H;1-23H. The van der Waals surface area contributed by atoms with E-state index >= 15 is 0 Å². The van der Waals surface area contributed by atoms with E-state index in [1.807, 2.05) is 47.1 Å². The largest absolute Gasteiger partial charge is 0.454 e. The van der Waals surface area contributed by atoms with Crippen molar-refractivity contribution in [1.82, 2.24) is 18.7 Å². The number of para-hydroxylation sites is 11. The lowest BCUT2D eigenvalue weighted by molar-refractivity contribution is 0.669. The predicted molar refractivity (Wildman–Crippen MR) is 591 cm³/mol. The zero-order valence-corrected chi connectivity index (χ0v) is 77.1. The summed E-state index contributed by atoms with van der Waals surface area (Å²) in [6, 6.07) is 180. The van der Waals surface area contributed by atoms with E-state index in [2.05, 4.69) is 519 Å². The minimum atomic E-state index is 0.844. The predicted octanol–water partition coefficient (Wildman–Crippen LogP) is 36.9. The lowest BCUT2D eigenvalue weighted by Crippen LogP contribution is -2.10. The summed E-state index contributed by atoms with van der Waals surface area (Å²) in [4.78, 5) is 11.5. The highest BCUT2D eigenvalue weighted by atomic mass is 32.1. The van der Waals surface area contributed by atoms with Crippen molar-refractivity contribution in [1.29, 1.82) is 0 Å². The molecule has 21 aromatic carbocycles. The number of benzene rings is 21. The van der Waals surface area contributed by atoms with E-state index in [9.17, 15) is 0 Å². The average Bonchev–Trinajstić information content (AvgIpc) is 1.56. The molecular formula is C129H85N7OS2. The molecule has 0 bridgehead atoms. The third kappa shape index (κ3) is 14.1. The molecular weight excluding hydrogens is 1730 g/mol. The minimum Gasteiger partial charge on any atom is -0.454 e. The van der Waals surface area contributed by atoms with Crippen molar-refractivity contribution in [3.8, 4) is 50.4 Å². The Kier molecular flexibility index (Phi) is 20.5. The van der Waals surface area contributed by atoms with Crippen molar-refractivity contribution in [3.63, 3.8) is 0 Å². The van der Waals surface area contributed by atoms with Gasteiger partial charge >= 0.3 is 0 Å². The van der Waals surface area contributed by atoms with Gasteiger partial charge in [-0.25, -0.2) is 0 Å². The number of rotatable bonds is 15. The number of nitrogens with zero attached hydrogens (tertiary/aromatic N) is 7. The van der Waals surface area contributed by atoms with E-state index in [-0.39, 0.29) is 0 Å². The molecule has 0 amide bonds. The zero-order valence-electron chi connectivity index (χ0n) is 75.4. The van der Waals surface area contributed by atoms with Crippen molar-refractivity contribution in [2.75, 3.05) is 14.7 Å². The molecule has 28 aromatic rings. The number of furan rings is 1. The van der Waals surface area contributed by atoms with Crippen molar-refractivity contribution in [2.45, 2.75) is 0 Å². The number of fused-ring (bicyclic) bond motifs is 22. The SMILES string of the molecule is c1ccc(-c2c(-c3ccc(N(c4ccccc4)c4ccc(-c5ccc6ccccc6c5)cc4)cc3)c3sc4ccccc4c3c3c2c2ccccc2n3-c2ccccc2)cc1.c1ccc(N(c2ccccc2)c2cc3c4ccccc4n(-c4ccccc4)c3c3sc4ccccc4c23)cc1.c1ccc(N(c2cccnc2)c2cc3c4ccccc4n(-c4ccccc4)c3c3c2oc2ccccc23)cc1. The van der Waals surface area contributed by atoms with Crippen LogP contribution in [0.25, 0.3) is 189 Å². The smallest absolute Gasteiger partial charge is 0.161 e. The van der Waals surface area contributed by atoms with Crippen LogP contribution >= 0.6 is 22.7 Å². The van der Waals surface area contributed by atoms with Gasteiger partial charge in [0.2, 0.25) is 0 Å². The maximum atomic E-state index is 6.73. The second-order valence-corrected chi connectivity index (χ2v) is 37.2. The number of aromatic nitrogens is 4. The number of hydrogen-bond donors (Lipinski definition) is 0. The first-order chi connectivity index (χ1) is 69.0. The number of hydrogen-bond acceptors (Lipinski definition) is 7. The van der Waals surface area contributed by atoms with Crippen LogP contribution in [0.3, 0.4) is 0 Å². The third-order valence-corrected chi connectivity index (χ3v) is 29.5. The maximum absolute atomic E-state index is 6.73. The fraction of sp³-hybridized carbons (Fsp3) is 0. The molecule has 0 saturated heterocycles. The van der Waals surface area contributed by atoms with Crippen LogP contribution in [0.15, 0.2) is 520 Å². The van der Waals surface area contributed by atoms with Gasteiger partial charge in [-0.3, -0.25) is 4.98 Å². The highest BCUT2D eigenvalue weighted by Crippen LogP contribution is 2.56. The normalized spacial score (nSPS) is 11.6. The van der Waals surface area contributed by atoms with Crippen LogP contribution < -0.4 is 14.7 Å². The Morgan fingerprint density at radius 1 is 0.223 bits per heavy atom. The topological polar surface area (TPSA) is 50.5 Å². The van der Waals surface area contributed by atoms with Crippen LogP contribution in [-0.2, 0) is 0 Å². The molecule has 0 atom stereocenters. The van der Waals surface area contributed by atoms with Crippen LogP contribution in [0.4, 0.5) is 51.2 Å². The fourth-order valence-electron chi connectivity index (χ4n) is 21.1. The van der Waals surface area contributed by atoms with E-state index in [0.717, 1.165) is 89.8 Å². The Balaban J connectivity index is 0.000000112. The molecule has 0 aliphatic carbocycles. The Morgan fingerprint density at radius 2 is 0.612 bits per heavy atom. The Bertz CT molecular complexity index is 9400. The van der Waals surface area contributed by atoms with Gasteiger partial charge in [0.15, 0.2) is 5.58 Å². The highest BCUT2D eigenvalue weighted by molar-refractivity contribution is 7.27. The lowest BCUT2D eigenvalue weighted by atomic mass is 9.88. The average molecular weight is 1810 g/mol. The summed E-state index contributed by atoms with van der Waals surface area (Å²) < 4.78 is 19.2. The molecule has 139 heavy (non-hydrogen) atoms.